The molecule has 0 spiro atoms. The van der Waals surface area contributed by atoms with Crippen molar-refractivity contribution in [3.05, 3.63) is 117 Å². The molecular formula is C38H34N4O11S2. The predicted molar refractivity (Wildman–Crippen MR) is 206 cm³/mol. The Morgan fingerprint density at radius 1 is 0.691 bits per heavy atom. The highest BCUT2D eigenvalue weighted by molar-refractivity contribution is 7.81. The van der Waals surface area contributed by atoms with Gasteiger partial charge in [-0.25, -0.2) is 9.59 Å². The lowest BCUT2D eigenvalue weighted by atomic mass is 10.1. The summed E-state index contributed by atoms with van der Waals surface area (Å²) >= 11 is 10.2. The van der Waals surface area contributed by atoms with Gasteiger partial charge in [0.15, 0.2) is 0 Å². The molecule has 0 bridgehead atoms. The van der Waals surface area contributed by atoms with Crippen LogP contribution in [-0.2, 0) is 14.4 Å². The van der Waals surface area contributed by atoms with Crippen molar-refractivity contribution in [2.45, 2.75) is 46.0 Å². The van der Waals surface area contributed by atoms with Crippen molar-refractivity contribution in [2.24, 2.45) is 16.0 Å². The average Bonchev–Trinajstić information content (AvgIpc) is 3.16. The van der Waals surface area contributed by atoms with E-state index >= 15 is 0 Å². The molecule has 0 amide bonds. The Morgan fingerprint density at radius 3 is 1.56 bits per heavy atom. The first-order chi connectivity index (χ1) is 26.3. The van der Waals surface area contributed by atoms with Crippen LogP contribution in [0.25, 0.3) is 0 Å². The highest BCUT2D eigenvalue weighted by Crippen LogP contribution is 2.31. The summed E-state index contributed by atoms with van der Waals surface area (Å²) in [5.41, 5.74) is 6.94. The van der Waals surface area contributed by atoms with E-state index in [0.29, 0.717) is 16.8 Å². The number of nitrogens with zero attached hydrogens (tertiary/aromatic N) is 3. The summed E-state index contributed by atoms with van der Waals surface area (Å²) in [6.45, 7) is 3.35. The minimum Gasteiger partial charge on any atom is -0.426 e. The SMILES string of the molecule is CCCCC(=O)Oc1ccc(/N=N/c2ccc(OC(=O)CCCO[N+](=O)[O-])c(C(=O)Oc3ccc(C(C)=S)cc3)c2)cc1C(=O)Oc1ccc(C(N)=S)cc1. The Kier molecular flexibility index (Phi) is 15.1. The number of rotatable bonds is 18. The molecular weight excluding hydrogens is 753 g/mol. The third-order valence-corrected chi connectivity index (χ3v) is 7.84. The second-order valence-corrected chi connectivity index (χ2v) is 12.6. The van der Waals surface area contributed by atoms with E-state index < -0.39 is 29.0 Å². The summed E-state index contributed by atoms with van der Waals surface area (Å²) < 4.78 is 21.9. The number of carbonyl (C=O) groups excluding carboxylic acids is 4. The lowest BCUT2D eigenvalue weighted by Gasteiger charge is -2.12. The monoisotopic (exact) mass is 786 g/mol. The molecule has 284 valence electrons. The van der Waals surface area contributed by atoms with Gasteiger partial charge in [0.25, 0.3) is 5.09 Å². The van der Waals surface area contributed by atoms with Crippen molar-refractivity contribution >= 4 is 69.5 Å². The molecule has 4 aromatic rings. The maximum Gasteiger partial charge on any atom is 0.347 e. The molecule has 0 unspecified atom stereocenters. The van der Waals surface area contributed by atoms with Gasteiger partial charge in [0.2, 0.25) is 0 Å². The number of carbonyl (C=O) groups is 4. The fourth-order valence-corrected chi connectivity index (χ4v) is 4.84. The van der Waals surface area contributed by atoms with Crippen LogP contribution < -0.4 is 24.7 Å². The molecule has 0 saturated carbocycles. The Morgan fingerprint density at radius 2 is 1.15 bits per heavy atom. The molecule has 17 heteroatoms. The van der Waals surface area contributed by atoms with Crippen LogP contribution in [0.5, 0.6) is 23.0 Å². The van der Waals surface area contributed by atoms with Gasteiger partial charge in [0.1, 0.15) is 39.1 Å². The summed E-state index contributed by atoms with van der Waals surface area (Å²) in [6, 6.07) is 20.8. The number of benzene rings is 4. The van der Waals surface area contributed by atoms with Crippen molar-refractivity contribution in [1.29, 1.82) is 0 Å². The summed E-state index contributed by atoms with van der Waals surface area (Å²) in [7, 11) is 0. The summed E-state index contributed by atoms with van der Waals surface area (Å²) in [5, 5.41) is 17.8. The van der Waals surface area contributed by atoms with E-state index in [1.165, 1.54) is 48.5 Å². The van der Waals surface area contributed by atoms with Gasteiger partial charge < -0.3 is 29.5 Å². The van der Waals surface area contributed by atoms with Crippen molar-refractivity contribution in [2.75, 3.05) is 6.61 Å². The number of unbranched alkanes of at least 4 members (excludes halogenated alkanes) is 1. The average molecular weight is 787 g/mol. The molecule has 0 aromatic heterocycles. The van der Waals surface area contributed by atoms with Crippen LogP contribution in [0.15, 0.2) is 95.2 Å². The fourth-order valence-electron chi connectivity index (χ4n) is 4.57. The quantitative estimate of drug-likeness (QED) is 0.0149. The molecule has 0 heterocycles. The molecule has 4 aromatic carbocycles. The second kappa shape index (κ2) is 20.1. The first-order valence-corrected chi connectivity index (χ1v) is 17.5. The molecule has 0 fully saturated rings. The molecule has 0 aliphatic carbocycles. The van der Waals surface area contributed by atoms with Crippen molar-refractivity contribution in [3.63, 3.8) is 0 Å². The maximum absolute atomic E-state index is 13.4. The molecule has 0 aliphatic heterocycles. The number of thiocarbonyl (C=S) groups is 2. The van der Waals surface area contributed by atoms with E-state index in [1.54, 1.807) is 43.3 Å². The number of nitrogens with two attached hydrogens (primary N) is 1. The maximum atomic E-state index is 13.4. The predicted octanol–water partition coefficient (Wildman–Crippen LogP) is 7.90. The molecule has 0 atom stereocenters. The number of hydrogen-bond acceptors (Lipinski definition) is 15. The van der Waals surface area contributed by atoms with E-state index in [1.807, 2.05) is 6.92 Å². The van der Waals surface area contributed by atoms with E-state index in [-0.39, 0.29) is 76.4 Å². The highest BCUT2D eigenvalue weighted by atomic mass is 32.1. The Labute approximate surface area is 325 Å². The van der Waals surface area contributed by atoms with Crippen LogP contribution in [0, 0.1) is 10.1 Å². The van der Waals surface area contributed by atoms with Crippen LogP contribution in [0.2, 0.25) is 0 Å². The number of hydrogen-bond donors (Lipinski definition) is 1. The second-order valence-electron chi connectivity index (χ2n) is 11.5. The summed E-state index contributed by atoms with van der Waals surface area (Å²) in [4.78, 5) is 67.2. The van der Waals surface area contributed by atoms with Gasteiger partial charge in [-0.3, -0.25) is 9.59 Å². The minimum atomic E-state index is -0.975. The summed E-state index contributed by atoms with van der Waals surface area (Å²) in [5.74, 6) is -2.95. The zero-order chi connectivity index (χ0) is 39.9. The topological polar surface area (TPSA) is 208 Å². The molecule has 0 saturated heterocycles. The lowest BCUT2D eigenvalue weighted by Crippen LogP contribution is -2.15. The molecule has 2 N–H and O–H groups in total. The zero-order valence-electron chi connectivity index (χ0n) is 29.6. The molecule has 0 radical (unpaired) electrons. The van der Waals surface area contributed by atoms with Crippen LogP contribution in [-0.4, -0.2) is 45.4 Å². The molecule has 0 aliphatic rings. The van der Waals surface area contributed by atoms with Gasteiger partial charge in [-0.05, 0) is 98.1 Å². The van der Waals surface area contributed by atoms with Gasteiger partial charge in [0.05, 0.1) is 18.0 Å². The standard InChI is InChI=1S/C38H34N4O11S2/c1-3-4-6-34(43)52-32-18-12-26(21-30(32)38(46)51-29-16-10-25(11-17-29)36(39)55)40-41-27-13-19-33(53-35(44)7-5-20-49-42(47)48)31(22-27)37(45)50-28-14-8-24(9-15-28)23(2)54/h8-19,21-22H,3-7,20H2,1-2H3,(H2,39,55)/b41-40+. The van der Waals surface area contributed by atoms with E-state index in [4.69, 9.17) is 49.1 Å². The largest absolute Gasteiger partial charge is 0.426 e. The molecule has 15 nitrogen and oxygen atoms in total. The number of esters is 4. The third-order valence-electron chi connectivity index (χ3n) is 7.37. The smallest absolute Gasteiger partial charge is 0.347 e. The van der Waals surface area contributed by atoms with Crippen LogP contribution in [0.3, 0.4) is 0 Å². The number of ether oxygens (including phenoxy) is 4. The normalized spacial score (nSPS) is 10.7. The van der Waals surface area contributed by atoms with Crippen molar-refractivity contribution < 1.29 is 48.0 Å². The fraction of sp³-hybridized carbons (Fsp3) is 0.211. The summed E-state index contributed by atoms with van der Waals surface area (Å²) in [6.07, 6.45) is 1.23. The lowest BCUT2D eigenvalue weighted by molar-refractivity contribution is -0.757. The van der Waals surface area contributed by atoms with Crippen LogP contribution >= 0.6 is 24.4 Å². The minimum absolute atomic E-state index is 0.0149. The molecule has 55 heavy (non-hydrogen) atoms. The van der Waals surface area contributed by atoms with Gasteiger partial charge >= 0.3 is 23.9 Å². The Hall–Kier alpha value is -6.46. The van der Waals surface area contributed by atoms with E-state index in [9.17, 15) is 29.3 Å². The molecule has 4 rings (SSSR count). The van der Waals surface area contributed by atoms with Crippen LogP contribution in [0.4, 0.5) is 11.4 Å². The van der Waals surface area contributed by atoms with E-state index in [2.05, 4.69) is 15.1 Å². The van der Waals surface area contributed by atoms with Gasteiger partial charge in [-0.2, -0.15) is 10.2 Å². The van der Waals surface area contributed by atoms with Gasteiger partial charge in [-0.15, -0.1) is 10.1 Å². The van der Waals surface area contributed by atoms with E-state index in [0.717, 1.165) is 12.0 Å². The highest BCUT2D eigenvalue weighted by Gasteiger charge is 2.21. The Balaban J connectivity index is 1.62. The third kappa shape index (κ3) is 12.9. The van der Waals surface area contributed by atoms with Gasteiger partial charge in [0, 0.05) is 23.3 Å². The number of azo groups is 1. The first-order valence-electron chi connectivity index (χ1n) is 16.7. The van der Waals surface area contributed by atoms with Crippen LogP contribution in [0.1, 0.15) is 77.8 Å². The van der Waals surface area contributed by atoms with Crippen molar-refractivity contribution in [3.8, 4) is 23.0 Å². The van der Waals surface area contributed by atoms with Crippen molar-refractivity contribution in [1.82, 2.24) is 0 Å². The Bertz CT molecular complexity index is 2120. The van der Waals surface area contributed by atoms with Gasteiger partial charge in [-0.1, -0.05) is 49.9 Å². The zero-order valence-corrected chi connectivity index (χ0v) is 31.2. The first kappa shape index (κ1) is 41.3.